The highest BCUT2D eigenvalue weighted by molar-refractivity contribution is 6.25. The lowest BCUT2D eigenvalue weighted by Gasteiger charge is -2.15. The van der Waals surface area contributed by atoms with Crippen molar-refractivity contribution in [3.63, 3.8) is 0 Å². The van der Waals surface area contributed by atoms with Gasteiger partial charge in [0.25, 0.3) is 0 Å². The average molecular weight is 555 g/mol. The number of benzene rings is 10. The molecule has 0 fully saturated rings. The maximum absolute atomic E-state index is 2.37. The summed E-state index contributed by atoms with van der Waals surface area (Å²) in [7, 11) is 0. The first-order valence-corrected chi connectivity index (χ1v) is 15.3. The first-order valence-electron chi connectivity index (χ1n) is 15.3. The zero-order valence-corrected chi connectivity index (χ0v) is 24.0. The molecule has 0 heteroatoms. The van der Waals surface area contributed by atoms with E-state index >= 15 is 0 Å². The van der Waals surface area contributed by atoms with E-state index in [-0.39, 0.29) is 0 Å². The van der Waals surface area contributed by atoms with Crippen molar-refractivity contribution in [3.8, 4) is 22.3 Å². The van der Waals surface area contributed by atoms with Crippen molar-refractivity contribution in [1.29, 1.82) is 0 Å². The molecule has 0 atom stereocenters. The van der Waals surface area contributed by atoms with Crippen LogP contribution < -0.4 is 0 Å². The molecule has 202 valence electrons. The summed E-state index contributed by atoms with van der Waals surface area (Å²) in [5.74, 6) is 0. The number of hydrogen-bond donors (Lipinski definition) is 0. The van der Waals surface area contributed by atoms with Crippen LogP contribution in [0.15, 0.2) is 158 Å². The van der Waals surface area contributed by atoms with Crippen LogP contribution in [0.1, 0.15) is 0 Å². The van der Waals surface area contributed by atoms with E-state index in [1.54, 1.807) is 0 Å². The first kappa shape index (κ1) is 23.8. The van der Waals surface area contributed by atoms with Crippen LogP contribution in [0.4, 0.5) is 0 Å². The minimum absolute atomic E-state index is 1.25. The zero-order chi connectivity index (χ0) is 28.8. The van der Waals surface area contributed by atoms with Crippen molar-refractivity contribution in [1.82, 2.24) is 0 Å². The minimum atomic E-state index is 1.25. The second kappa shape index (κ2) is 8.89. The summed E-state index contributed by atoms with van der Waals surface area (Å²) in [4.78, 5) is 0. The predicted molar refractivity (Wildman–Crippen MR) is 191 cm³/mol. The molecule has 44 heavy (non-hydrogen) atoms. The first-order chi connectivity index (χ1) is 21.8. The molecule has 10 rings (SSSR count). The smallest absolute Gasteiger partial charge is 0.00206 e. The summed E-state index contributed by atoms with van der Waals surface area (Å²) >= 11 is 0. The third-order valence-electron chi connectivity index (χ3n) is 9.77. The van der Waals surface area contributed by atoms with Crippen molar-refractivity contribution in [3.05, 3.63) is 158 Å². The Morgan fingerprint density at radius 1 is 0.227 bits per heavy atom. The maximum Gasteiger partial charge on any atom is -0.00206 e. The average Bonchev–Trinajstić information content (AvgIpc) is 3.09. The highest BCUT2D eigenvalue weighted by Gasteiger charge is 2.13. The summed E-state index contributed by atoms with van der Waals surface area (Å²) in [5.41, 5.74) is 5.06. The molecule has 0 aromatic heterocycles. The molecule has 0 N–H and O–H groups in total. The van der Waals surface area contributed by atoms with E-state index in [1.165, 1.54) is 97.7 Å². The van der Waals surface area contributed by atoms with Crippen LogP contribution >= 0.6 is 0 Å². The van der Waals surface area contributed by atoms with Crippen molar-refractivity contribution < 1.29 is 0 Å². The molecule has 0 heterocycles. The van der Waals surface area contributed by atoms with E-state index in [9.17, 15) is 0 Å². The standard InChI is InChI=1S/C44H26/c1-2-9-35-27(5-1)13-22-41-38-21-17-32(26-33(38)18-23-40(35)41)36-10-4-8-31-25-34(16-20-37(31)36)39-19-14-30-12-11-28-6-3-7-29-15-24-42(39)44(30)43(28)29/h1-26H. The Kier molecular flexibility index (Phi) is 4.81. The lowest BCUT2D eigenvalue weighted by atomic mass is 9.88. The lowest BCUT2D eigenvalue weighted by Crippen LogP contribution is -1.88. The number of fused-ring (bicyclic) bond motifs is 6. The van der Waals surface area contributed by atoms with Gasteiger partial charge in [-0.25, -0.2) is 0 Å². The Morgan fingerprint density at radius 2 is 0.705 bits per heavy atom. The van der Waals surface area contributed by atoms with E-state index in [1.807, 2.05) is 0 Å². The van der Waals surface area contributed by atoms with Crippen LogP contribution in [0.2, 0.25) is 0 Å². The Hall–Kier alpha value is -5.72. The molecule has 0 bridgehead atoms. The minimum Gasteiger partial charge on any atom is -0.0616 e. The molecule has 0 nitrogen and oxygen atoms in total. The van der Waals surface area contributed by atoms with Gasteiger partial charge in [0, 0.05) is 0 Å². The quantitative estimate of drug-likeness (QED) is 0.186. The molecular weight excluding hydrogens is 528 g/mol. The lowest BCUT2D eigenvalue weighted by molar-refractivity contribution is 1.67. The fourth-order valence-corrected chi connectivity index (χ4v) is 7.69. The van der Waals surface area contributed by atoms with Gasteiger partial charge < -0.3 is 0 Å². The van der Waals surface area contributed by atoms with Crippen LogP contribution in [0.5, 0.6) is 0 Å². The molecule has 0 aliphatic heterocycles. The summed E-state index contributed by atoms with van der Waals surface area (Å²) in [5, 5.41) is 18.3. The van der Waals surface area contributed by atoms with E-state index in [4.69, 9.17) is 0 Å². The Bertz CT molecular complexity index is 2750. The third kappa shape index (κ3) is 3.34. The van der Waals surface area contributed by atoms with Gasteiger partial charge in [0.05, 0.1) is 0 Å². The van der Waals surface area contributed by atoms with Crippen LogP contribution in [0, 0.1) is 0 Å². The van der Waals surface area contributed by atoms with Crippen LogP contribution in [-0.4, -0.2) is 0 Å². The summed E-state index contributed by atoms with van der Waals surface area (Å²) in [6.45, 7) is 0. The Morgan fingerprint density at radius 3 is 1.52 bits per heavy atom. The normalized spacial score (nSPS) is 12.1. The van der Waals surface area contributed by atoms with Gasteiger partial charge in [-0.2, -0.15) is 0 Å². The number of rotatable bonds is 2. The van der Waals surface area contributed by atoms with Gasteiger partial charge >= 0.3 is 0 Å². The predicted octanol–water partition coefficient (Wildman–Crippen LogP) is 12.5. The Labute approximate surface area is 254 Å². The van der Waals surface area contributed by atoms with Gasteiger partial charge in [-0.15, -0.1) is 0 Å². The highest BCUT2D eigenvalue weighted by atomic mass is 14.2. The molecule has 0 aliphatic carbocycles. The second-order valence-corrected chi connectivity index (χ2v) is 12.1. The van der Waals surface area contributed by atoms with Gasteiger partial charge in [-0.3, -0.25) is 0 Å². The number of hydrogen-bond acceptors (Lipinski definition) is 0. The molecule has 10 aromatic rings. The fourth-order valence-electron chi connectivity index (χ4n) is 7.69. The van der Waals surface area contributed by atoms with Crippen molar-refractivity contribution >= 4 is 75.4 Å². The van der Waals surface area contributed by atoms with Crippen LogP contribution in [-0.2, 0) is 0 Å². The summed E-state index contributed by atoms with van der Waals surface area (Å²) in [6, 6.07) is 58.7. The van der Waals surface area contributed by atoms with Gasteiger partial charge in [-0.1, -0.05) is 146 Å². The SMILES string of the molecule is c1cc(-c2ccc3c(ccc4c5ccccc5ccc34)c2)c2ccc(-c3ccc4ccc5cccc6ccc3c4c56)cc2c1. The summed E-state index contributed by atoms with van der Waals surface area (Å²) in [6.07, 6.45) is 0. The molecule has 0 saturated carbocycles. The fraction of sp³-hybridized carbons (Fsp3) is 0. The molecule has 0 amide bonds. The van der Waals surface area contributed by atoms with Gasteiger partial charge in [0.15, 0.2) is 0 Å². The van der Waals surface area contributed by atoms with E-state index in [2.05, 4.69) is 158 Å². The topological polar surface area (TPSA) is 0 Å². The highest BCUT2D eigenvalue weighted by Crippen LogP contribution is 2.41. The largest absolute Gasteiger partial charge is 0.0616 e. The monoisotopic (exact) mass is 554 g/mol. The van der Waals surface area contributed by atoms with Gasteiger partial charge in [0.1, 0.15) is 0 Å². The molecule has 0 saturated heterocycles. The van der Waals surface area contributed by atoms with Crippen LogP contribution in [0.3, 0.4) is 0 Å². The molecule has 0 aliphatic rings. The third-order valence-corrected chi connectivity index (χ3v) is 9.77. The molecular formula is C44H26. The van der Waals surface area contributed by atoms with Crippen molar-refractivity contribution in [2.45, 2.75) is 0 Å². The maximum atomic E-state index is 2.37. The molecule has 0 unspecified atom stereocenters. The Balaban J connectivity index is 1.12. The summed E-state index contributed by atoms with van der Waals surface area (Å²) < 4.78 is 0. The van der Waals surface area contributed by atoms with Crippen molar-refractivity contribution in [2.24, 2.45) is 0 Å². The van der Waals surface area contributed by atoms with E-state index in [0.29, 0.717) is 0 Å². The molecule has 10 aromatic carbocycles. The van der Waals surface area contributed by atoms with Gasteiger partial charge in [-0.05, 0) is 110 Å². The van der Waals surface area contributed by atoms with E-state index < -0.39 is 0 Å². The second-order valence-electron chi connectivity index (χ2n) is 12.1. The zero-order valence-electron chi connectivity index (χ0n) is 24.0. The molecule has 0 radical (unpaired) electrons. The van der Waals surface area contributed by atoms with Crippen LogP contribution in [0.25, 0.3) is 97.7 Å². The van der Waals surface area contributed by atoms with Crippen molar-refractivity contribution in [2.75, 3.05) is 0 Å². The molecule has 0 spiro atoms. The van der Waals surface area contributed by atoms with Gasteiger partial charge in [0.2, 0.25) is 0 Å². The van der Waals surface area contributed by atoms with E-state index in [0.717, 1.165) is 0 Å².